The normalized spacial score (nSPS) is 12.9. The fourth-order valence-corrected chi connectivity index (χ4v) is 2.37. The molecule has 0 saturated carbocycles. The lowest BCUT2D eigenvalue weighted by molar-refractivity contribution is -0.138. The first kappa shape index (κ1) is 19.3. The van der Waals surface area contributed by atoms with Gasteiger partial charge in [0.2, 0.25) is 0 Å². The summed E-state index contributed by atoms with van der Waals surface area (Å²) in [4.78, 5) is 28.6. The Labute approximate surface area is 120 Å². The topological polar surface area (TPSA) is 93.1 Å². The zero-order valence-corrected chi connectivity index (χ0v) is 12.9. The second kappa shape index (κ2) is 11.0. The Balaban J connectivity index is 4.04. The molecule has 0 rings (SSSR count). The molecule has 7 heteroatoms. The van der Waals surface area contributed by atoms with Crippen LogP contribution in [0.1, 0.15) is 51.9 Å². The van der Waals surface area contributed by atoms with Gasteiger partial charge >= 0.3 is 13.8 Å². The molecule has 118 valence electrons. The first-order chi connectivity index (χ1) is 9.39. The molecule has 0 aliphatic heterocycles. The van der Waals surface area contributed by atoms with Gasteiger partial charge in [-0.05, 0) is 6.42 Å². The Morgan fingerprint density at radius 3 is 2.45 bits per heavy atom. The number of carbonyl (C=O) groups is 1. The highest BCUT2D eigenvalue weighted by molar-refractivity contribution is 7.46. The van der Waals surface area contributed by atoms with E-state index >= 15 is 0 Å². The number of carbonyl (C=O) groups excluding carboxylic acids is 1. The van der Waals surface area contributed by atoms with E-state index in [1.807, 2.05) is 0 Å². The largest absolute Gasteiger partial charge is 0.469 e. The molecule has 6 nitrogen and oxygen atoms in total. The Bertz CT molecular complexity index is 325. The number of esters is 1. The fraction of sp³-hybridized carbons (Fsp3) is 0.769. The molecule has 0 spiro atoms. The second-order valence-corrected chi connectivity index (χ2v) is 5.77. The van der Waals surface area contributed by atoms with Crippen LogP contribution in [-0.2, 0) is 18.6 Å². The molecule has 0 bridgehead atoms. The molecule has 2 N–H and O–H groups in total. The molecule has 0 aliphatic rings. The van der Waals surface area contributed by atoms with Crippen molar-refractivity contribution >= 4 is 13.8 Å². The van der Waals surface area contributed by atoms with E-state index in [0.717, 1.165) is 38.2 Å². The number of hydrogen-bond donors (Lipinski definition) is 2. The van der Waals surface area contributed by atoms with E-state index in [1.54, 1.807) is 0 Å². The molecule has 0 fully saturated rings. The molecular formula is C13H25O6P. The van der Waals surface area contributed by atoms with Crippen LogP contribution in [0, 0.1) is 0 Å². The van der Waals surface area contributed by atoms with Gasteiger partial charge in [0.1, 0.15) is 0 Å². The molecule has 0 heterocycles. The predicted molar refractivity (Wildman–Crippen MR) is 76.1 cm³/mol. The highest BCUT2D eigenvalue weighted by Gasteiger charge is 2.22. The molecule has 0 radical (unpaired) electrons. The molecule has 1 atom stereocenters. The lowest BCUT2D eigenvalue weighted by Crippen LogP contribution is -2.16. The minimum Gasteiger partial charge on any atom is -0.462 e. The van der Waals surface area contributed by atoms with Crippen molar-refractivity contribution in [3.63, 3.8) is 0 Å². The van der Waals surface area contributed by atoms with Gasteiger partial charge in [0.25, 0.3) is 0 Å². The molecule has 1 unspecified atom stereocenters. The Morgan fingerprint density at radius 2 is 1.90 bits per heavy atom. The first-order valence-corrected chi connectivity index (χ1v) is 8.45. The Hall–Kier alpha value is -0.680. The van der Waals surface area contributed by atoms with E-state index in [9.17, 15) is 9.36 Å². The van der Waals surface area contributed by atoms with E-state index in [2.05, 4.69) is 13.5 Å². The van der Waals surface area contributed by atoms with Crippen molar-refractivity contribution in [1.29, 1.82) is 0 Å². The van der Waals surface area contributed by atoms with Gasteiger partial charge in [0.05, 0.1) is 12.7 Å². The molecule has 0 aromatic heterocycles. The zero-order chi connectivity index (χ0) is 15.4. The van der Waals surface area contributed by atoms with Crippen LogP contribution in [0.3, 0.4) is 0 Å². The van der Waals surface area contributed by atoms with Crippen LogP contribution in [-0.4, -0.2) is 28.5 Å². The van der Waals surface area contributed by atoms with E-state index in [4.69, 9.17) is 19.0 Å². The van der Waals surface area contributed by atoms with Crippen molar-refractivity contribution < 1.29 is 28.4 Å². The van der Waals surface area contributed by atoms with Crippen LogP contribution in [0.25, 0.3) is 0 Å². The third-order valence-corrected chi connectivity index (χ3v) is 3.34. The zero-order valence-electron chi connectivity index (χ0n) is 12.0. The summed E-state index contributed by atoms with van der Waals surface area (Å²) in [6, 6.07) is 0. The van der Waals surface area contributed by atoms with E-state index in [1.165, 1.54) is 0 Å². The first-order valence-electron chi connectivity index (χ1n) is 6.92. The summed E-state index contributed by atoms with van der Waals surface area (Å²) >= 11 is 0. The molecule has 0 amide bonds. The monoisotopic (exact) mass is 308 g/mol. The Kier molecular flexibility index (Phi) is 10.7. The molecule has 0 aromatic rings. The van der Waals surface area contributed by atoms with Gasteiger partial charge in [-0.25, -0.2) is 9.36 Å². The average molecular weight is 308 g/mol. The SMILES string of the molecule is C=CC(=O)OCCC(CCCCCCC)OP(=O)(O)O. The number of ether oxygens (including phenoxy) is 1. The summed E-state index contributed by atoms with van der Waals surface area (Å²) < 4.78 is 20.4. The minimum absolute atomic E-state index is 0.0600. The number of hydrogen-bond acceptors (Lipinski definition) is 4. The predicted octanol–water partition coefficient (Wildman–Crippen LogP) is 2.94. The van der Waals surface area contributed by atoms with E-state index in [-0.39, 0.29) is 13.0 Å². The van der Waals surface area contributed by atoms with Gasteiger partial charge in [0.15, 0.2) is 0 Å². The molecular weight excluding hydrogens is 283 g/mol. The highest BCUT2D eigenvalue weighted by Crippen LogP contribution is 2.39. The van der Waals surface area contributed by atoms with Crippen LogP contribution >= 0.6 is 7.82 Å². The third-order valence-electron chi connectivity index (χ3n) is 2.77. The summed E-state index contributed by atoms with van der Waals surface area (Å²) in [6.45, 7) is 5.44. The van der Waals surface area contributed by atoms with Gasteiger partial charge in [-0.3, -0.25) is 4.52 Å². The molecule has 0 aliphatic carbocycles. The van der Waals surface area contributed by atoms with Crippen molar-refractivity contribution in [2.75, 3.05) is 6.61 Å². The second-order valence-electron chi connectivity index (χ2n) is 4.58. The third kappa shape index (κ3) is 12.4. The van der Waals surface area contributed by atoms with Crippen molar-refractivity contribution in [2.24, 2.45) is 0 Å². The Morgan fingerprint density at radius 1 is 1.25 bits per heavy atom. The van der Waals surface area contributed by atoms with Crippen molar-refractivity contribution in [2.45, 2.75) is 58.0 Å². The standard InChI is InChI=1S/C13H25O6P/c1-3-5-6-7-8-9-12(19-20(15,16)17)10-11-18-13(14)4-2/h4,12H,2-3,5-11H2,1H3,(H2,15,16,17). The summed E-state index contributed by atoms with van der Waals surface area (Å²) in [6.07, 6.45) is 6.48. The number of phosphoric ester groups is 1. The fourth-order valence-electron chi connectivity index (χ4n) is 1.77. The number of phosphoric acid groups is 1. The summed E-state index contributed by atoms with van der Waals surface area (Å²) in [5.74, 6) is -0.553. The lowest BCUT2D eigenvalue weighted by atomic mass is 10.1. The van der Waals surface area contributed by atoms with Gasteiger partial charge in [-0.2, -0.15) is 0 Å². The van der Waals surface area contributed by atoms with Crippen molar-refractivity contribution in [3.05, 3.63) is 12.7 Å². The highest BCUT2D eigenvalue weighted by atomic mass is 31.2. The smallest absolute Gasteiger partial charge is 0.462 e. The number of unbranched alkanes of at least 4 members (excludes halogenated alkanes) is 4. The maximum absolute atomic E-state index is 10.9. The van der Waals surface area contributed by atoms with E-state index in [0.29, 0.717) is 6.42 Å². The van der Waals surface area contributed by atoms with Crippen LogP contribution in [0.2, 0.25) is 0 Å². The van der Waals surface area contributed by atoms with Crippen LogP contribution < -0.4 is 0 Å². The quantitative estimate of drug-likeness (QED) is 0.249. The van der Waals surface area contributed by atoms with Gasteiger partial charge < -0.3 is 14.5 Å². The molecule has 0 saturated heterocycles. The van der Waals surface area contributed by atoms with Gasteiger partial charge in [0, 0.05) is 12.5 Å². The van der Waals surface area contributed by atoms with Crippen LogP contribution in [0.15, 0.2) is 12.7 Å². The summed E-state index contributed by atoms with van der Waals surface area (Å²) in [7, 11) is -4.51. The van der Waals surface area contributed by atoms with Gasteiger partial charge in [-0.15, -0.1) is 0 Å². The van der Waals surface area contributed by atoms with Crippen LogP contribution in [0.5, 0.6) is 0 Å². The lowest BCUT2D eigenvalue weighted by Gasteiger charge is -2.18. The van der Waals surface area contributed by atoms with E-state index < -0.39 is 19.9 Å². The maximum atomic E-state index is 10.9. The summed E-state index contributed by atoms with van der Waals surface area (Å²) in [5, 5.41) is 0. The molecule has 0 aromatic carbocycles. The minimum atomic E-state index is -4.51. The summed E-state index contributed by atoms with van der Waals surface area (Å²) in [5.41, 5.74) is 0. The average Bonchev–Trinajstić information content (AvgIpc) is 2.36. The van der Waals surface area contributed by atoms with Crippen molar-refractivity contribution in [3.8, 4) is 0 Å². The van der Waals surface area contributed by atoms with Gasteiger partial charge in [-0.1, -0.05) is 45.6 Å². The molecule has 20 heavy (non-hydrogen) atoms. The van der Waals surface area contributed by atoms with Crippen LogP contribution in [0.4, 0.5) is 0 Å². The number of rotatable bonds is 12. The van der Waals surface area contributed by atoms with Crippen molar-refractivity contribution in [1.82, 2.24) is 0 Å². The maximum Gasteiger partial charge on any atom is 0.469 e.